The predicted octanol–water partition coefficient (Wildman–Crippen LogP) is 2.37. The predicted molar refractivity (Wildman–Crippen MR) is 70.5 cm³/mol. The van der Waals surface area contributed by atoms with Gasteiger partial charge in [-0.15, -0.1) is 0 Å². The Labute approximate surface area is 111 Å². The Kier molecular flexibility index (Phi) is 4.24. The Hall–Kier alpha value is -1.36. The van der Waals surface area contributed by atoms with E-state index in [1.807, 2.05) is 12.1 Å². The number of ether oxygens (including phenoxy) is 1. The van der Waals surface area contributed by atoms with E-state index in [1.54, 1.807) is 26.2 Å². The second-order valence-corrected chi connectivity index (χ2v) is 5.97. The topological polar surface area (TPSA) is 77.4 Å². The van der Waals surface area contributed by atoms with Gasteiger partial charge in [0.15, 0.2) is 0 Å². The molecule has 0 fully saturated rings. The van der Waals surface area contributed by atoms with E-state index in [1.165, 1.54) is 0 Å². The van der Waals surface area contributed by atoms with E-state index in [0.717, 1.165) is 11.3 Å². The number of nitrogens with zero attached hydrogens (tertiary/aromatic N) is 1. The standard InChI is InChI=1S/C12H16NO5P/c1-3-17-19(14,15)12-8-11(13-18-12)9-4-6-10(16-2)7-5-9/h4-7,12H,3,8H2,1-2H3,(H,14,15). The lowest BCUT2D eigenvalue weighted by atomic mass is 10.1. The number of oxime groups is 1. The molecule has 0 saturated carbocycles. The SMILES string of the molecule is CCOP(=O)(O)C1CC(c2ccc(OC)cc2)=NO1. The van der Waals surface area contributed by atoms with Crippen molar-refractivity contribution in [1.29, 1.82) is 0 Å². The normalized spacial score (nSPS) is 21.4. The van der Waals surface area contributed by atoms with Crippen molar-refractivity contribution < 1.29 is 23.6 Å². The average Bonchev–Trinajstić information content (AvgIpc) is 2.89. The van der Waals surface area contributed by atoms with Gasteiger partial charge in [-0.2, -0.15) is 0 Å². The van der Waals surface area contributed by atoms with Crippen molar-refractivity contribution in [3.63, 3.8) is 0 Å². The molecule has 0 saturated heterocycles. The zero-order chi connectivity index (χ0) is 13.9. The summed E-state index contributed by atoms with van der Waals surface area (Å²) in [7, 11) is -2.19. The molecule has 0 bridgehead atoms. The van der Waals surface area contributed by atoms with Gasteiger partial charge in [-0.05, 0) is 36.8 Å². The fourth-order valence-electron chi connectivity index (χ4n) is 1.76. The van der Waals surface area contributed by atoms with Crippen molar-refractivity contribution in [3.05, 3.63) is 29.8 Å². The minimum absolute atomic E-state index is 0.158. The monoisotopic (exact) mass is 285 g/mol. The quantitative estimate of drug-likeness (QED) is 0.840. The van der Waals surface area contributed by atoms with Gasteiger partial charge in [-0.25, -0.2) is 0 Å². The maximum atomic E-state index is 11.8. The van der Waals surface area contributed by atoms with Crippen LogP contribution < -0.4 is 4.74 Å². The minimum atomic E-state index is -3.77. The molecule has 1 aromatic rings. The van der Waals surface area contributed by atoms with Crippen molar-refractivity contribution in [2.75, 3.05) is 13.7 Å². The van der Waals surface area contributed by atoms with Gasteiger partial charge in [-0.1, -0.05) is 5.16 Å². The smallest absolute Gasteiger partial charge is 0.371 e. The Morgan fingerprint density at radius 2 is 2.16 bits per heavy atom. The van der Waals surface area contributed by atoms with Crippen LogP contribution in [0.15, 0.2) is 29.4 Å². The molecule has 2 rings (SSSR count). The van der Waals surface area contributed by atoms with E-state index in [0.29, 0.717) is 5.71 Å². The lowest BCUT2D eigenvalue weighted by Gasteiger charge is -2.15. The minimum Gasteiger partial charge on any atom is -0.497 e. The van der Waals surface area contributed by atoms with Crippen LogP contribution in [0.4, 0.5) is 0 Å². The summed E-state index contributed by atoms with van der Waals surface area (Å²) in [6, 6.07) is 7.25. The fourth-order valence-corrected chi connectivity index (χ4v) is 2.87. The van der Waals surface area contributed by atoms with Gasteiger partial charge in [0, 0.05) is 6.42 Å². The molecule has 1 aliphatic rings. The van der Waals surface area contributed by atoms with Gasteiger partial charge >= 0.3 is 7.60 Å². The highest BCUT2D eigenvalue weighted by molar-refractivity contribution is 7.53. The molecule has 1 aromatic carbocycles. The van der Waals surface area contributed by atoms with Gasteiger partial charge in [0.2, 0.25) is 5.85 Å². The zero-order valence-electron chi connectivity index (χ0n) is 10.8. The molecule has 2 atom stereocenters. The molecule has 0 aliphatic carbocycles. The Bertz CT molecular complexity index is 513. The fraction of sp³-hybridized carbons (Fsp3) is 0.417. The van der Waals surface area contributed by atoms with Crippen LogP contribution in [0.3, 0.4) is 0 Å². The van der Waals surface area contributed by atoms with Crippen LogP contribution >= 0.6 is 7.60 Å². The number of methoxy groups -OCH3 is 1. The first kappa shape index (κ1) is 14.1. The summed E-state index contributed by atoms with van der Waals surface area (Å²) in [6.07, 6.45) is 0.250. The zero-order valence-corrected chi connectivity index (χ0v) is 11.7. The molecule has 0 spiro atoms. The summed E-state index contributed by atoms with van der Waals surface area (Å²) in [5.41, 5.74) is 1.46. The highest BCUT2D eigenvalue weighted by atomic mass is 31.2. The lowest BCUT2D eigenvalue weighted by Crippen LogP contribution is -2.11. The maximum absolute atomic E-state index is 11.8. The Balaban J connectivity index is 2.06. The molecule has 7 heteroatoms. The van der Waals surface area contributed by atoms with Crippen LogP contribution in [-0.4, -0.2) is 30.2 Å². The second kappa shape index (κ2) is 5.74. The van der Waals surface area contributed by atoms with Crippen LogP contribution in [0, 0.1) is 0 Å². The van der Waals surface area contributed by atoms with Gasteiger partial charge in [-0.3, -0.25) is 4.57 Å². The third kappa shape index (κ3) is 3.15. The summed E-state index contributed by atoms with van der Waals surface area (Å²) in [6.45, 7) is 1.81. The van der Waals surface area contributed by atoms with Crippen molar-refractivity contribution in [2.24, 2.45) is 5.16 Å². The molecule has 0 radical (unpaired) electrons. The number of rotatable bonds is 5. The van der Waals surface area contributed by atoms with Gasteiger partial charge < -0.3 is 19.0 Å². The first-order valence-corrected chi connectivity index (χ1v) is 7.55. The van der Waals surface area contributed by atoms with Gasteiger partial charge in [0.25, 0.3) is 0 Å². The number of benzene rings is 1. The van der Waals surface area contributed by atoms with Gasteiger partial charge in [0.1, 0.15) is 5.75 Å². The molecule has 0 aromatic heterocycles. The first-order valence-electron chi connectivity index (χ1n) is 5.91. The summed E-state index contributed by atoms with van der Waals surface area (Å²) in [5, 5.41) is 3.86. The molecule has 1 N–H and O–H groups in total. The van der Waals surface area contributed by atoms with E-state index < -0.39 is 13.4 Å². The van der Waals surface area contributed by atoms with Crippen LogP contribution in [-0.2, 0) is 13.9 Å². The molecule has 2 unspecified atom stereocenters. The van der Waals surface area contributed by atoms with Crippen molar-refractivity contribution in [3.8, 4) is 5.75 Å². The molecular weight excluding hydrogens is 269 g/mol. The van der Waals surface area contributed by atoms with Crippen molar-refractivity contribution in [1.82, 2.24) is 0 Å². The van der Waals surface area contributed by atoms with Gasteiger partial charge in [0.05, 0.1) is 19.4 Å². The molecule has 104 valence electrons. The summed E-state index contributed by atoms with van der Waals surface area (Å²) in [5.74, 6) is -0.188. The molecule has 1 heterocycles. The lowest BCUT2D eigenvalue weighted by molar-refractivity contribution is 0.107. The Morgan fingerprint density at radius 1 is 1.47 bits per heavy atom. The van der Waals surface area contributed by atoms with E-state index in [-0.39, 0.29) is 13.0 Å². The molecule has 1 aliphatic heterocycles. The van der Waals surface area contributed by atoms with E-state index >= 15 is 0 Å². The van der Waals surface area contributed by atoms with Crippen LogP contribution in [0.5, 0.6) is 5.75 Å². The largest absolute Gasteiger partial charge is 0.497 e. The van der Waals surface area contributed by atoms with E-state index in [9.17, 15) is 9.46 Å². The van der Waals surface area contributed by atoms with E-state index in [2.05, 4.69) is 5.16 Å². The van der Waals surface area contributed by atoms with E-state index in [4.69, 9.17) is 14.1 Å². The van der Waals surface area contributed by atoms with Crippen LogP contribution in [0.25, 0.3) is 0 Å². The van der Waals surface area contributed by atoms with Crippen LogP contribution in [0.1, 0.15) is 18.9 Å². The third-order valence-electron chi connectivity index (χ3n) is 2.75. The summed E-state index contributed by atoms with van der Waals surface area (Å²) < 4.78 is 21.7. The molecule has 0 amide bonds. The second-order valence-electron chi connectivity index (χ2n) is 4.01. The third-order valence-corrected chi connectivity index (χ3v) is 4.39. The number of hydrogen-bond acceptors (Lipinski definition) is 5. The Morgan fingerprint density at radius 3 is 2.74 bits per heavy atom. The highest BCUT2D eigenvalue weighted by Gasteiger charge is 2.39. The molecular formula is C12H16NO5P. The summed E-state index contributed by atoms with van der Waals surface area (Å²) >= 11 is 0. The molecule has 6 nitrogen and oxygen atoms in total. The average molecular weight is 285 g/mol. The highest BCUT2D eigenvalue weighted by Crippen LogP contribution is 2.51. The molecule has 19 heavy (non-hydrogen) atoms. The first-order chi connectivity index (χ1) is 9.06. The van der Waals surface area contributed by atoms with Crippen LogP contribution in [0.2, 0.25) is 0 Å². The van der Waals surface area contributed by atoms with Crippen molar-refractivity contribution in [2.45, 2.75) is 19.2 Å². The summed E-state index contributed by atoms with van der Waals surface area (Å²) in [4.78, 5) is 14.7. The number of hydrogen-bond donors (Lipinski definition) is 1. The maximum Gasteiger partial charge on any atom is 0.371 e. The van der Waals surface area contributed by atoms with Crippen molar-refractivity contribution >= 4 is 13.3 Å².